The molecule has 1 aliphatic rings. The second-order valence-corrected chi connectivity index (χ2v) is 5.84. The Morgan fingerprint density at radius 2 is 2.21 bits per heavy atom. The zero-order valence-electron chi connectivity index (χ0n) is 10.4. The molecule has 1 atom stereocenters. The van der Waals surface area contributed by atoms with E-state index in [1.54, 1.807) is 18.2 Å². The minimum Gasteiger partial charge on any atom is -0.480 e. The lowest BCUT2D eigenvalue weighted by molar-refractivity contribution is -0.143. The molecule has 2 rings (SSSR count). The van der Waals surface area contributed by atoms with E-state index in [0.717, 1.165) is 37.1 Å². The van der Waals surface area contributed by atoms with Crippen molar-refractivity contribution in [2.24, 2.45) is 0 Å². The van der Waals surface area contributed by atoms with Gasteiger partial charge < -0.3 is 10.4 Å². The van der Waals surface area contributed by atoms with Crippen molar-refractivity contribution in [1.82, 2.24) is 10.2 Å². The summed E-state index contributed by atoms with van der Waals surface area (Å²) in [5.74, 6) is -0.843. The van der Waals surface area contributed by atoms with Crippen molar-refractivity contribution in [3.63, 3.8) is 0 Å². The first-order chi connectivity index (χ1) is 9.09. The number of carbonyl (C=O) groups is 1. The molecule has 0 aliphatic carbocycles. The summed E-state index contributed by atoms with van der Waals surface area (Å²) in [6, 6.07) is 4.61. The van der Waals surface area contributed by atoms with Gasteiger partial charge in [-0.25, -0.2) is 0 Å². The lowest BCUT2D eigenvalue weighted by Gasteiger charge is -2.28. The van der Waals surface area contributed by atoms with Crippen LogP contribution in [0.15, 0.2) is 22.7 Å². The number of aliphatic carboxylic acids is 1. The van der Waals surface area contributed by atoms with Gasteiger partial charge in [0.05, 0.1) is 0 Å². The van der Waals surface area contributed by atoms with Gasteiger partial charge in [-0.15, -0.1) is 0 Å². The number of hydrogen-bond acceptors (Lipinski definition) is 3. The first-order valence-electron chi connectivity index (χ1n) is 6.22. The fourth-order valence-electron chi connectivity index (χ4n) is 2.33. The van der Waals surface area contributed by atoms with Crippen LogP contribution in [0.5, 0.6) is 0 Å². The molecule has 6 heteroatoms. The van der Waals surface area contributed by atoms with E-state index in [1.165, 1.54) is 0 Å². The second-order valence-electron chi connectivity index (χ2n) is 4.55. The highest BCUT2D eigenvalue weighted by Crippen LogP contribution is 2.31. The van der Waals surface area contributed by atoms with Crippen molar-refractivity contribution in [2.75, 3.05) is 26.2 Å². The molecule has 4 nitrogen and oxygen atoms in total. The first kappa shape index (κ1) is 14.8. The monoisotopic (exact) mass is 346 g/mol. The number of rotatable bonds is 3. The zero-order chi connectivity index (χ0) is 13.8. The number of carboxylic acids is 1. The summed E-state index contributed by atoms with van der Waals surface area (Å²) in [7, 11) is 0. The van der Waals surface area contributed by atoms with Crippen molar-refractivity contribution < 1.29 is 9.90 Å². The number of nitrogens with zero attached hydrogens (tertiary/aromatic N) is 1. The van der Waals surface area contributed by atoms with Crippen LogP contribution >= 0.6 is 27.5 Å². The molecule has 0 aromatic heterocycles. The van der Waals surface area contributed by atoms with E-state index < -0.39 is 12.0 Å². The van der Waals surface area contributed by atoms with E-state index in [1.807, 2.05) is 4.90 Å². The fourth-order valence-corrected chi connectivity index (χ4v) is 2.98. The quantitative estimate of drug-likeness (QED) is 0.882. The number of carboxylic acid groups (broad SMARTS) is 1. The maximum absolute atomic E-state index is 11.6. The van der Waals surface area contributed by atoms with Crippen LogP contribution in [0.1, 0.15) is 18.0 Å². The Labute approximate surface area is 125 Å². The highest BCUT2D eigenvalue weighted by Gasteiger charge is 2.29. The van der Waals surface area contributed by atoms with Crippen molar-refractivity contribution in [3.8, 4) is 0 Å². The number of nitrogens with one attached hydrogen (secondary N) is 1. The van der Waals surface area contributed by atoms with Crippen molar-refractivity contribution in [3.05, 3.63) is 33.3 Å². The molecule has 19 heavy (non-hydrogen) atoms. The maximum Gasteiger partial charge on any atom is 0.325 e. The van der Waals surface area contributed by atoms with E-state index in [9.17, 15) is 9.90 Å². The first-order valence-corrected chi connectivity index (χ1v) is 7.39. The predicted octanol–water partition coefficient (Wildman–Crippen LogP) is 2.52. The summed E-state index contributed by atoms with van der Waals surface area (Å²) >= 11 is 9.41. The molecule has 1 aromatic rings. The van der Waals surface area contributed by atoms with Crippen LogP contribution in [0.3, 0.4) is 0 Å². The van der Waals surface area contributed by atoms with E-state index >= 15 is 0 Å². The molecule has 0 saturated carbocycles. The molecule has 1 unspecified atom stereocenters. The summed E-state index contributed by atoms with van der Waals surface area (Å²) in [6.07, 6.45) is 0.946. The van der Waals surface area contributed by atoms with E-state index in [-0.39, 0.29) is 0 Å². The van der Waals surface area contributed by atoms with Gasteiger partial charge in [0.2, 0.25) is 0 Å². The lowest BCUT2D eigenvalue weighted by Crippen LogP contribution is -2.36. The summed E-state index contributed by atoms with van der Waals surface area (Å²) < 4.78 is 0.779. The average molecular weight is 348 g/mol. The van der Waals surface area contributed by atoms with Gasteiger partial charge in [-0.1, -0.05) is 27.5 Å². The van der Waals surface area contributed by atoms with Crippen LogP contribution in [0.25, 0.3) is 0 Å². The van der Waals surface area contributed by atoms with Gasteiger partial charge in [-0.3, -0.25) is 9.69 Å². The standard InChI is InChI=1S/C13H16BrClN2O2/c14-11-3-2-9(15)8-10(11)12(13(18)19)17-6-1-4-16-5-7-17/h2-3,8,12,16H,1,4-7H2,(H,18,19). The Morgan fingerprint density at radius 1 is 1.42 bits per heavy atom. The second kappa shape index (κ2) is 6.70. The number of benzene rings is 1. The molecule has 1 aliphatic heterocycles. The number of hydrogen-bond donors (Lipinski definition) is 2. The molecule has 104 valence electrons. The average Bonchev–Trinajstić information content (AvgIpc) is 2.62. The molecule has 1 saturated heterocycles. The van der Waals surface area contributed by atoms with Crippen LogP contribution in [-0.2, 0) is 4.79 Å². The molecular formula is C13H16BrClN2O2. The highest BCUT2D eigenvalue weighted by molar-refractivity contribution is 9.10. The largest absolute Gasteiger partial charge is 0.480 e. The Bertz CT molecular complexity index is 462. The SMILES string of the molecule is O=C(O)C(c1cc(Cl)ccc1Br)N1CCCNCC1. The summed E-state index contributed by atoms with van der Waals surface area (Å²) in [5.41, 5.74) is 0.710. The van der Waals surface area contributed by atoms with Gasteiger partial charge >= 0.3 is 5.97 Å². The third-order valence-corrected chi connectivity index (χ3v) is 4.18. The molecular weight excluding hydrogens is 332 g/mol. The molecule has 1 fully saturated rings. The van der Waals surface area contributed by atoms with Crippen LogP contribution in [0, 0.1) is 0 Å². The number of halogens is 2. The highest BCUT2D eigenvalue weighted by atomic mass is 79.9. The third kappa shape index (κ3) is 3.69. The van der Waals surface area contributed by atoms with Gasteiger partial charge in [-0.2, -0.15) is 0 Å². The summed E-state index contributed by atoms with van der Waals surface area (Å²) in [4.78, 5) is 13.6. The van der Waals surface area contributed by atoms with Gasteiger partial charge in [0.1, 0.15) is 6.04 Å². The molecule has 1 aromatic carbocycles. The van der Waals surface area contributed by atoms with Gasteiger partial charge in [0.15, 0.2) is 0 Å². The molecule has 0 radical (unpaired) electrons. The van der Waals surface area contributed by atoms with Crippen LogP contribution < -0.4 is 5.32 Å². The van der Waals surface area contributed by atoms with Crippen LogP contribution in [0.4, 0.5) is 0 Å². The Kier molecular flexibility index (Phi) is 5.21. The normalized spacial score (nSPS) is 18.8. The van der Waals surface area contributed by atoms with Crippen molar-refractivity contribution in [1.29, 1.82) is 0 Å². The van der Waals surface area contributed by atoms with Crippen molar-refractivity contribution in [2.45, 2.75) is 12.5 Å². The third-order valence-electron chi connectivity index (χ3n) is 3.23. The van der Waals surface area contributed by atoms with Gasteiger partial charge in [0.25, 0.3) is 0 Å². The molecule has 0 spiro atoms. The van der Waals surface area contributed by atoms with E-state index in [4.69, 9.17) is 11.6 Å². The molecule has 0 bridgehead atoms. The van der Waals surface area contributed by atoms with Crippen LogP contribution in [0.2, 0.25) is 5.02 Å². The topological polar surface area (TPSA) is 52.6 Å². The van der Waals surface area contributed by atoms with E-state index in [2.05, 4.69) is 21.2 Å². The Morgan fingerprint density at radius 3 is 2.95 bits per heavy atom. The zero-order valence-corrected chi connectivity index (χ0v) is 12.7. The van der Waals surface area contributed by atoms with E-state index in [0.29, 0.717) is 10.6 Å². The predicted molar refractivity (Wildman–Crippen MR) is 78.6 cm³/mol. The van der Waals surface area contributed by atoms with Crippen LogP contribution in [-0.4, -0.2) is 42.2 Å². The Balaban J connectivity index is 2.33. The molecule has 2 N–H and O–H groups in total. The summed E-state index contributed by atoms with van der Waals surface area (Å²) in [5, 5.41) is 13.4. The fraction of sp³-hybridized carbons (Fsp3) is 0.462. The lowest BCUT2D eigenvalue weighted by atomic mass is 10.1. The smallest absolute Gasteiger partial charge is 0.325 e. The Hall–Kier alpha value is -0.620. The summed E-state index contributed by atoms with van der Waals surface area (Å²) in [6.45, 7) is 3.22. The molecule has 1 heterocycles. The molecule has 0 amide bonds. The van der Waals surface area contributed by atoms with Gasteiger partial charge in [-0.05, 0) is 36.7 Å². The minimum absolute atomic E-state index is 0.553. The maximum atomic E-state index is 11.6. The van der Waals surface area contributed by atoms with Gasteiger partial charge in [0, 0.05) is 29.1 Å². The van der Waals surface area contributed by atoms with Crippen molar-refractivity contribution >= 4 is 33.5 Å². The minimum atomic E-state index is -0.843.